The molecule has 0 aromatic heterocycles. The van der Waals surface area contributed by atoms with Crippen LogP contribution in [0.4, 0.5) is 5.69 Å². The van der Waals surface area contributed by atoms with Gasteiger partial charge in [0.25, 0.3) is 5.91 Å². The summed E-state index contributed by atoms with van der Waals surface area (Å²) in [6, 6.07) is 14.8. The van der Waals surface area contributed by atoms with Crippen molar-refractivity contribution in [3.63, 3.8) is 0 Å². The van der Waals surface area contributed by atoms with Crippen LogP contribution in [0.5, 0.6) is 5.75 Å². The van der Waals surface area contributed by atoms with Crippen molar-refractivity contribution in [3.05, 3.63) is 59.7 Å². The molecule has 1 heterocycles. The number of benzene rings is 2. The number of anilines is 1. The SMILES string of the molecule is CC(C)c1cccc(OCC(=O)N2CC(C(=O)O)c3ccccc32)c1. The normalized spacial score (nSPS) is 16.0. The molecule has 1 N–H and O–H groups in total. The molecule has 0 aliphatic carbocycles. The van der Waals surface area contributed by atoms with Crippen LogP contribution in [-0.4, -0.2) is 30.1 Å². The van der Waals surface area contributed by atoms with Gasteiger partial charge in [-0.15, -0.1) is 0 Å². The van der Waals surface area contributed by atoms with E-state index in [1.54, 1.807) is 24.3 Å². The molecule has 2 aromatic rings. The second kappa shape index (κ2) is 6.97. The molecule has 5 nitrogen and oxygen atoms in total. The third-order valence-electron chi connectivity index (χ3n) is 4.45. The Morgan fingerprint density at radius 3 is 2.68 bits per heavy atom. The van der Waals surface area contributed by atoms with Crippen molar-refractivity contribution in [2.45, 2.75) is 25.7 Å². The van der Waals surface area contributed by atoms with Crippen LogP contribution in [0, 0.1) is 0 Å². The lowest BCUT2D eigenvalue weighted by Gasteiger charge is -2.18. The molecule has 1 atom stereocenters. The molecule has 1 aliphatic rings. The van der Waals surface area contributed by atoms with E-state index in [0.717, 1.165) is 5.56 Å². The molecule has 1 unspecified atom stereocenters. The Hall–Kier alpha value is -2.82. The maximum absolute atomic E-state index is 12.6. The zero-order valence-electron chi connectivity index (χ0n) is 14.3. The second-order valence-corrected chi connectivity index (χ2v) is 6.47. The van der Waals surface area contributed by atoms with Crippen LogP contribution in [0.3, 0.4) is 0 Å². The van der Waals surface area contributed by atoms with Gasteiger partial charge in [-0.2, -0.15) is 0 Å². The van der Waals surface area contributed by atoms with Crippen molar-refractivity contribution in [2.24, 2.45) is 0 Å². The van der Waals surface area contributed by atoms with E-state index in [0.29, 0.717) is 22.9 Å². The number of para-hydroxylation sites is 1. The van der Waals surface area contributed by atoms with Gasteiger partial charge in [-0.3, -0.25) is 9.59 Å². The summed E-state index contributed by atoms with van der Waals surface area (Å²) in [7, 11) is 0. The minimum absolute atomic E-state index is 0.123. The fourth-order valence-electron chi connectivity index (χ4n) is 3.04. The molecule has 3 rings (SSSR count). The first-order valence-corrected chi connectivity index (χ1v) is 8.32. The van der Waals surface area contributed by atoms with Crippen molar-refractivity contribution >= 4 is 17.6 Å². The highest BCUT2D eigenvalue weighted by Gasteiger charge is 2.36. The lowest BCUT2D eigenvalue weighted by molar-refractivity contribution is -0.138. The van der Waals surface area contributed by atoms with Crippen molar-refractivity contribution in [1.82, 2.24) is 0 Å². The summed E-state index contributed by atoms with van der Waals surface area (Å²) in [5, 5.41) is 9.38. The van der Waals surface area contributed by atoms with Gasteiger partial charge in [0.05, 0.1) is 0 Å². The third kappa shape index (κ3) is 3.50. The molecule has 25 heavy (non-hydrogen) atoms. The standard InChI is InChI=1S/C20H21NO4/c1-13(2)14-6-5-7-15(10-14)25-12-19(22)21-11-17(20(23)24)16-8-3-4-9-18(16)21/h3-10,13,17H,11-12H2,1-2H3,(H,23,24). The lowest BCUT2D eigenvalue weighted by atomic mass is 10.0. The van der Waals surface area contributed by atoms with Gasteiger partial charge in [0, 0.05) is 12.2 Å². The van der Waals surface area contributed by atoms with Gasteiger partial charge in [0.2, 0.25) is 0 Å². The number of aliphatic carboxylic acids is 1. The smallest absolute Gasteiger partial charge is 0.312 e. The van der Waals surface area contributed by atoms with Gasteiger partial charge < -0.3 is 14.7 Å². The highest BCUT2D eigenvalue weighted by Crippen LogP contribution is 2.36. The molecular weight excluding hydrogens is 318 g/mol. The van der Waals surface area contributed by atoms with Crippen molar-refractivity contribution in [2.75, 3.05) is 18.1 Å². The van der Waals surface area contributed by atoms with Gasteiger partial charge >= 0.3 is 5.97 Å². The Morgan fingerprint density at radius 2 is 1.96 bits per heavy atom. The predicted molar refractivity (Wildman–Crippen MR) is 95.2 cm³/mol. The topological polar surface area (TPSA) is 66.8 Å². The van der Waals surface area contributed by atoms with Crippen LogP contribution in [0.25, 0.3) is 0 Å². The monoisotopic (exact) mass is 339 g/mol. The first-order valence-electron chi connectivity index (χ1n) is 8.32. The summed E-state index contributed by atoms with van der Waals surface area (Å²) in [5.74, 6) is -0.841. The van der Waals surface area contributed by atoms with Gasteiger partial charge in [0.1, 0.15) is 11.7 Å². The third-order valence-corrected chi connectivity index (χ3v) is 4.45. The van der Waals surface area contributed by atoms with Crippen molar-refractivity contribution < 1.29 is 19.4 Å². The first kappa shape index (κ1) is 17.0. The highest BCUT2D eigenvalue weighted by molar-refractivity contribution is 5.99. The number of amides is 1. The van der Waals surface area contributed by atoms with Crippen LogP contribution < -0.4 is 9.64 Å². The zero-order valence-corrected chi connectivity index (χ0v) is 14.3. The fraction of sp³-hybridized carbons (Fsp3) is 0.300. The molecule has 1 aliphatic heterocycles. The van der Waals surface area contributed by atoms with E-state index in [4.69, 9.17) is 4.74 Å². The Labute approximate surface area is 146 Å². The van der Waals surface area contributed by atoms with Gasteiger partial charge in [-0.1, -0.05) is 44.2 Å². The minimum Gasteiger partial charge on any atom is -0.484 e. The van der Waals surface area contributed by atoms with Crippen LogP contribution in [0.2, 0.25) is 0 Å². The number of carbonyl (C=O) groups excluding carboxylic acids is 1. The second-order valence-electron chi connectivity index (χ2n) is 6.47. The van der Waals surface area contributed by atoms with Crippen molar-refractivity contribution in [1.29, 1.82) is 0 Å². The van der Waals surface area contributed by atoms with Gasteiger partial charge in [-0.05, 0) is 35.2 Å². The van der Waals surface area contributed by atoms with Crippen LogP contribution in [0.15, 0.2) is 48.5 Å². The summed E-state index contributed by atoms with van der Waals surface area (Å²) >= 11 is 0. The number of ether oxygens (including phenoxy) is 1. The molecule has 5 heteroatoms. The quantitative estimate of drug-likeness (QED) is 0.906. The van der Waals surface area contributed by atoms with Gasteiger partial charge in [-0.25, -0.2) is 0 Å². The summed E-state index contributed by atoms with van der Waals surface area (Å²) < 4.78 is 5.64. The number of carbonyl (C=O) groups is 2. The largest absolute Gasteiger partial charge is 0.484 e. The first-order chi connectivity index (χ1) is 12.0. The average molecular weight is 339 g/mol. The number of hydrogen-bond acceptors (Lipinski definition) is 3. The summed E-state index contributed by atoms with van der Waals surface area (Å²) in [5.41, 5.74) is 2.46. The van der Waals surface area contributed by atoms with E-state index in [2.05, 4.69) is 13.8 Å². The zero-order chi connectivity index (χ0) is 18.0. The maximum atomic E-state index is 12.6. The number of hydrogen-bond donors (Lipinski definition) is 1. The predicted octanol–water partition coefficient (Wildman–Crippen LogP) is 3.40. The molecule has 130 valence electrons. The van der Waals surface area contributed by atoms with Crippen LogP contribution >= 0.6 is 0 Å². The number of fused-ring (bicyclic) bond motifs is 1. The maximum Gasteiger partial charge on any atom is 0.312 e. The summed E-state index contributed by atoms with van der Waals surface area (Å²) in [6.45, 7) is 4.21. The Balaban J connectivity index is 1.72. The molecule has 0 fully saturated rings. The van der Waals surface area contributed by atoms with Crippen molar-refractivity contribution in [3.8, 4) is 5.75 Å². The Bertz CT molecular complexity index is 800. The Kier molecular flexibility index (Phi) is 4.74. The molecule has 0 saturated heterocycles. The molecule has 0 saturated carbocycles. The van der Waals surface area contributed by atoms with Crippen LogP contribution in [0.1, 0.15) is 36.8 Å². The van der Waals surface area contributed by atoms with E-state index in [-0.39, 0.29) is 19.1 Å². The molecule has 1 amide bonds. The summed E-state index contributed by atoms with van der Waals surface area (Å²) in [6.07, 6.45) is 0. The number of carboxylic acid groups (broad SMARTS) is 1. The number of rotatable bonds is 5. The molecule has 0 radical (unpaired) electrons. The van der Waals surface area contributed by atoms with E-state index < -0.39 is 11.9 Å². The molecular formula is C20H21NO4. The van der Waals surface area contributed by atoms with Crippen LogP contribution in [-0.2, 0) is 9.59 Å². The average Bonchev–Trinajstić information content (AvgIpc) is 3.00. The molecule has 0 spiro atoms. The minimum atomic E-state index is -0.923. The van der Waals surface area contributed by atoms with E-state index in [9.17, 15) is 14.7 Å². The number of carboxylic acids is 1. The Morgan fingerprint density at radius 1 is 1.20 bits per heavy atom. The lowest BCUT2D eigenvalue weighted by Crippen LogP contribution is -2.35. The van der Waals surface area contributed by atoms with E-state index in [1.165, 1.54) is 4.90 Å². The molecule has 0 bridgehead atoms. The fourth-order valence-corrected chi connectivity index (χ4v) is 3.04. The van der Waals surface area contributed by atoms with E-state index in [1.807, 2.05) is 24.3 Å². The molecule has 2 aromatic carbocycles. The summed E-state index contributed by atoms with van der Waals surface area (Å²) in [4.78, 5) is 25.5. The van der Waals surface area contributed by atoms with Gasteiger partial charge in [0.15, 0.2) is 6.61 Å². The number of nitrogens with zero attached hydrogens (tertiary/aromatic N) is 1. The van der Waals surface area contributed by atoms with E-state index >= 15 is 0 Å². The highest BCUT2D eigenvalue weighted by atomic mass is 16.5.